The molecule has 3 nitrogen and oxygen atoms in total. The number of amides is 1. The fraction of sp³-hybridized carbons (Fsp3) is 0.350. The van der Waals surface area contributed by atoms with E-state index in [-0.39, 0.29) is 5.91 Å². The molecule has 0 atom stereocenters. The van der Waals surface area contributed by atoms with Gasteiger partial charge in [0.1, 0.15) is 5.82 Å². The third kappa shape index (κ3) is 5.07. The van der Waals surface area contributed by atoms with Crippen molar-refractivity contribution in [2.45, 2.75) is 19.1 Å². The molecule has 1 fully saturated rings. The number of hydrogen-bond donors (Lipinski definition) is 0. The van der Waals surface area contributed by atoms with Gasteiger partial charge in [-0.3, -0.25) is 9.69 Å². The van der Waals surface area contributed by atoms with E-state index in [1.807, 2.05) is 4.90 Å². The molecule has 0 bridgehead atoms. The average molecular weight is 380 g/mol. The molecule has 0 aliphatic carbocycles. The molecule has 1 aliphatic rings. The number of carbonyl (C=O) groups excluding carboxylic acids is 1. The average Bonchev–Trinajstić information content (AvgIpc) is 2.86. The summed E-state index contributed by atoms with van der Waals surface area (Å²) >= 11 is 0. The van der Waals surface area contributed by atoms with Crippen molar-refractivity contribution >= 4 is 5.91 Å². The first-order valence-electron chi connectivity index (χ1n) is 8.76. The molecule has 144 valence electrons. The number of benzene rings is 2. The third-order valence-electron chi connectivity index (χ3n) is 4.61. The van der Waals surface area contributed by atoms with Gasteiger partial charge in [-0.15, -0.1) is 0 Å². The van der Waals surface area contributed by atoms with E-state index >= 15 is 0 Å². The molecule has 0 saturated carbocycles. The minimum Gasteiger partial charge on any atom is -0.337 e. The fourth-order valence-electron chi connectivity index (χ4n) is 3.24. The van der Waals surface area contributed by atoms with Gasteiger partial charge in [0.05, 0.1) is 5.56 Å². The van der Waals surface area contributed by atoms with E-state index in [0.29, 0.717) is 50.3 Å². The van der Waals surface area contributed by atoms with Crippen LogP contribution in [0.1, 0.15) is 27.9 Å². The molecular weight excluding hydrogens is 360 g/mol. The Kier molecular flexibility index (Phi) is 5.79. The Hall–Kier alpha value is -2.41. The maximum absolute atomic E-state index is 13.3. The van der Waals surface area contributed by atoms with Gasteiger partial charge in [0.2, 0.25) is 0 Å². The van der Waals surface area contributed by atoms with Crippen molar-refractivity contribution in [2.24, 2.45) is 0 Å². The summed E-state index contributed by atoms with van der Waals surface area (Å²) in [4.78, 5) is 16.2. The quantitative estimate of drug-likeness (QED) is 0.746. The highest BCUT2D eigenvalue weighted by molar-refractivity contribution is 5.94. The largest absolute Gasteiger partial charge is 0.416 e. The minimum absolute atomic E-state index is 0.226. The highest BCUT2D eigenvalue weighted by atomic mass is 19.4. The van der Waals surface area contributed by atoms with Crippen LogP contribution in [0.4, 0.5) is 17.6 Å². The van der Waals surface area contributed by atoms with Crippen molar-refractivity contribution in [1.29, 1.82) is 0 Å². The van der Waals surface area contributed by atoms with Crippen LogP contribution >= 0.6 is 0 Å². The standard InChI is InChI=1S/C20H20F4N2O/c21-18-7-2-5-16(13-18)19(27)26-9-3-8-25(10-11-26)14-15-4-1-6-17(12-15)20(22,23)24/h1-2,4-7,12-13H,3,8-11,14H2. The Labute approximate surface area is 155 Å². The second kappa shape index (κ2) is 8.08. The summed E-state index contributed by atoms with van der Waals surface area (Å²) in [6.45, 7) is 2.62. The van der Waals surface area contributed by atoms with Crippen LogP contribution < -0.4 is 0 Å². The molecule has 1 saturated heterocycles. The Balaban J connectivity index is 1.63. The molecule has 1 heterocycles. The van der Waals surface area contributed by atoms with E-state index in [9.17, 15) is 22.4 Å². The molecule has 1 amide bonds. The summed E-state index contributed by atoms with van der Waals surface area (Å²) in [7, 11) is 0. The van der Waals surface area contributed by atoms with Crippen LogP contribution in [0.2, 0.25) is 0 Å². The number of hydrogen-bond acceptors (Lipinski definition) is 2. The maximum Gasteiger partial charge on any atom is 0.416 e. The van der Waals surface area contributed by atoms with E-state index < -0.39 is 17.6 Å². The first-order chi connectivity index (χ1) is 12.8. The molecular formula is C20H20F4N2O. The van der Waals surface area contributed by atoms with Crippen molar-refractivity contribution in [3.05, 3.63) is 71.0 Å². The third-order valence-corrected chi connectivity index (χ3v) is 4.61. The lowest BCUT2D eigenvalue weighted by molar-refractivity contribution is -0.137. The van der Waals surface area contributed by atoms with Crippen LogP contribution in [0.15, 0.2) is 48.5 Å². The second-order valence-corrected chi connectivity index (χ2v) is 6.63. The maximum atomic E-state index is 13.3. The van der Waals surface area contributed by atoms with Crippen molar-refractivity contribution in [2.75, 3.05) is 26.2 Å². The van der Waals surface area contributed by atoms with Crippen molar-refractivity contribution < 1.29 is 22.4 Å². The molecule has 27 heavy (non-hydrogen) atoms. The first-order valence-corrected chi connectivity index (χ1v) is 8.76. The summed E-state index contributed by atoms with van der Waals surface area (Å²) in [5.74, 6) is -0.683. The summed E-state index contributed by atoms with van der Waals surface area (Å²) in [6, 6.07) is 10.9. The number of carbonyl (C=O) groups is 1. The van der Waals surface area contributed by atoms with E-state index in [0.717, 1.165) is 6.07 Å². The molecule has 2 aromatic carbocycles. The summed E-state index contributed by atoms with van der Waals surface area (Å²) in [5.41, 5.74) is 0.244. The van der Waals surface area contributed by atoms with Crippen LogP contribution in [0.5, 0.6) is 0 Å². The van der Waals surface area contributed by atoms with Crippen LogP contribution in [0, 0.1) is 5.82 Å². The normalized spacial score (nSPS) is 16.2. The first kappa shape index (κ1) is 19.4. The minimum atomic E-state index is -4.36. The van der Waals surface area contributed by atoms with Gasteiger partial charge in [-0.05, 0) is 36.2 Å². The number of alkyl halides is 3. The van der Waals surface area contributed by atoms with Gasteiger partial charge in [-0.2, -0.15) is 13.2 Å². The predicted molar refractivity (Wildman–Crippen MR) is 93.6 cm³/mol. The molecule has 2 aromatic rings. The lowest BCUT2D eigenvalue weighted by atomic mass is 10.1. The van der Waals surface area contributed by atoms with Gasteiger partial charge in [-0.25, -0.2) is 4.39 Å². The number of nitrogens with zero attached hydrogens (tertiary/aromatic N) is 2. The van der Waals surface area contributed by atoms with Crippen molar-refractivity contribution in [3.63, 3.8) is 0 Å². The van der Waals surface area contributed by atoms with Gasteiger partial charge >= 0.3 is 6.18 Å². The molecule has 3 rings (SSSR count). The number of rotatable bonds is 3. The van der Waals surface area contributed by atoms with Gasteiger partial charge in [0, 0.05) is 38.3 Å². The smallest absolute Gasteiger partial charge is 0.337 e. The predicted octanol–water partition coefficient (Wildman–Crippen LogP) is 4.19. The van der Waals surface area contributed by atoms with Crippen LogP contribution in [-0.2, 0) is 12.7 Å². The highest BCUT2D eigenvalue weighted by Gasteiger charge is 2.30. The zero-order valence-corrected chi connectivity index (χ0v) is 14.7. The van der Waals surface area contributed by atoms with Gasteiger partial charge < -0.3 is 4.90 Å². The molecule has 0 N–H and O–H groups in total. The second-order valence-electron chi connectivity index (χ2n) is 6.63. The Morgan fingerprint density at radius 3 is 2.48 bits per heavy atom. The topological polar surface area (TPSA) is 23.6 Å². The molecule has 0 spiro atoms. The lowest BCUT2D eigenvalue weighted by Crippen LogP contribution is -2.35. The fourth-order valence-corrected chi connectivity index (χ4v) is 3.24. The van der Waals surface area contributed by atoms with Crippen LogP contribution in [-0.4, -0.2) is 41.9 Å². The lowest BCUT2D eigenvalue weighted by Gasteiger charge is -2.22. The molecule has 1 aliphatic heterocycles. The highest BCUT2D eigenvalue weighted by Crippen LogP contribution is 2.29. The van der Waals surface area contributed by atoms with E-state index in [2.05, 4.69) is 0 Å². The number of halogens is 4. The van der Waals surface area contributed by atoms with Crippen LogP contribution in [0.25, 0.3) is 0 Å². The summed E-state index contributed by atoms with van der Waals surface area (Å²) in [5, 5.41) is 0. The van der Waals surface area contributed by atoms with E-state index in [1.165, 1.54) is 30.3 Å². The van der Waals surface area contributed by atoms with Crippen molar-refractivity contribution in [3.8, 4) is 0 Å². The van der Waals surface area contributed by atoms with Gasteiger partial charge in [0.25, 0.3) is 5.91 Å². The summed E-state index contributed by atoms with van der Waals surface area (Å²) < 4.78 is 51.9. The molecule has 0 radical (unpaired) electrons. The molecule has 0 aromatic heterocycles. The molecule has 7 heteroatoms. The Morgan fingerprint density at radius 2 is 1.74 bits per heavy atom. The van der Waals surface area contributed by atoms with Gasteiger partial charge in [-0.1, -0.05) is 24.3 Å². The summed E-state index contributed by atoms with van der Waals surface area (Å²) in [6.07, 6.45) is -3.65. The van der Waals surface area contributed by atoms with Gasteiger partial charge in [0.15, 0.2) is 0 Å². The Morgan fingerprint density at radius 1 is 0.963 bits per heavy atom. The SMILES string of the molecule is O=C(c1cccc(F)c1)N1CCCN(Cc2cccc(C(F)(F)F)c2)CC1. The van der Waals surface area contributed by atoms with E-state index in [1.54, 1.807) is 17.0 Å². The Bertz CT molecular complexity index is 807. The zero-order chi connectivity index (χ0) is 19.4. The molecule has 0 unspecified atom stereocenters. The van der Waals surface area contributed by atoms with Crippen molar-refractivity contribution in [1.82, 2.24) is 9.80 Å². The van der Waals surface area contributed by atoms with E-state index in [4.69, 9.17) is 0 Å². The zero-order valence-electron chi connectivity index (χ0n) is 14.7. The van der Waals surface area contributed by atoms with Crippen LogP contribution in [0.3, 0.4) is 0 Å². The monoisotopic (exact) mass is 380 g/mol.